The predicted molar refractivity (Wildman–Crippen MR) is 132 cm³/mol. The third-order valence-corrected chi connectivity index (χ3v) is 4.84. The first kappa shape index (κ1) is 27.9. The van der Waals surface area contributed by atoms with Crippen molar-refractivity contribution in [1.29, 1.82) is 0 Å². The van der Waals surface area contributed by atoms with E-state index < -0.39 is 35.7 Å². The lowest BCUT2D eigenvalue weighted by molar-refractivity contribution is -0.151. The number of carbonyl (C=O) groups is 3. The summed E-state index contributed by atoms with van der Waals surface area (Å²) in [7, 11) is 0. The van der Waals surface area contributed by atoms with Gasteiger partial charge in [0.05, 0.1) is 13.2 Å². The van der Waals surface area contributed by atoms with Crippen molar-refractivity contribution in [3.63, 3.8) is 0 Å². The van der Waals surface area contributed by atoms with Gasteiger partial charge in [0.1, 0.15) is 18.2 Å². The normalized spacial score (nSPS) is 13.0. The van der Waals surface area contributed by atoms with Crippen LogP contribution in [0.5, 0.6) is 0 Å². The lowest BCUT2D eigenvalue weighted by Gasteiger charge is -2.26. The summed E-state index contributed by atoms with van der Waals surface area (Å²) in [5.41, 5.74) is 1.04. The summed E-state index contributed by atoms with van der Waals surface area (Å²) in [6.07, 6.45) is -0.713. The van der Waals surface area contributed by atoms with Crippen molar-refractivity contribution in [2.45, 2.75) is 65.5 Å². The fourth-order valence-electron chi connectivity index (χ4n) is 3.10. The largest absolute Gasteiger partial charge is 0.459 e. The van der Waals surface area contributed by atoms with Crippen LogP contribution in [-0.4, -0.2) is 42.3 Å². The standard InChI is InChI=1S/C27H36N2O6/c1-19(2)23(29-26(32)35-27(3,4)5)24(30)28-22(18-33-16-20-12-8-6-9-13-20)25(31)34-17-21-14-10-7-11-15-21/h6-15,19,22-23H,16-18H2,1-5H3,(H,28,30)(H,29,32)/t22-,23-/m0/s1. The van der Waals surface area contributed by atoms with Crippen molar-refractivity contribution in [2.24, 2.45) is 5.92 Å². The van der Waals surface area contributed by atoms with Gasteiger partial charge in [0.25, 0.3) is 0 Å². The number of rotatable bonds is 11. The van der Waals surface area contributed by atoms with Crippen LogP contribution in [0.1, 0.15) is 45.7 Å². The minimum absolute atomic E-state index is 0.0640. The molecule has 2 aromatic carbocycles. The summed E-state index contributed by atoms with van der Waals surface area (Å²) in [5, 5.41) is 5.27. The highest BCUT2D eigenvalue weighted by Crippen LogP contribution is 2.10. The van der Waals surface area contributed by atoms with Crippen LogP contribution in [0.2, 0.25) is 0 Å². The zero-order valence-electron chi connectivity index (χ0n) is 21.1. The summed E-state index contributed by atoms with van der Waals surface area (Å²) < 4.78 is 16.4. The molecule has 0 saturated carbocycles. The van der Waals surface area contributed by atoms with Gasteiger partial charge in [-0.15, -0.1) is 0 Å². The van der Waals surface area contributed by atoms with Crippen LogP contribution in [0.4, 0.5) is 4.79 Å². The molecule has 2 amide bonds. The van der Waals surface area contributed by atoms with E-state index in [4.69, 9.17) is 14.2 Å². The smallest absolute Gasteiger partial charge is 0.408 e. The third-order valence-electron chi connectivity index (χ3n) is 4.84. The van der Waals surface area contributed by atoms with Crippen molar-refractivity contribution in [3.05, 3.63) is 71.8 Å². The first-order valence-electron chi connectivity index (χ1n) is 11.7. The Balaban J connectivity index is 2.06. The minimum Gasteiger partial charge on any atom is -0.459 e. The number of hydrogen-bond donors (Lipinski definition) is 2. The number of esters is 1. The summed E-state index contributed by atoms with van der Waals surface area (Å²) in [6.45, 7) is 9.02. The van der Waals surface area contributed by atoms with E-state index >= 15 is 0 Å². The Kier molecular flexibility index (Phi) is 10.7. The molecule has 0 fully saturated rings. The molecule has 2 atom stereocenters. The average molecular weight is 485 g/mol. The second kappa shape index (κ2) is 13.5. The van der Waals surface area contributed by atoms with E-state index in [0.717, 1.165) is 11.1 Å². The Hall–Kier alpha value is -3.39. The fraction of sp³-hybridized carbons (Fsp3) is 0.444. The van der Waals surface area contributed by atoms with Crippen LogP contribution in [0.25, 0.3) is 0 Å². The van der Waals surface area contributed by atoms with Gasteiger partial charge in [0.15, 0.2) is 6.04 Å². The Labute approximate surface area is 207 Å². The lowest BCUT2D eigenvalue weighted by atomic mass is 10.0. The second-order valence-electron chi connectivity index (χ2n) is 9.52. The quantitative estimate of drug-likeness (QED) is 0.468. The van der Waals surface area contributed by atoms with Crippen LogP contribution < -0.4 is 10.6 Å². The van der Waals surface area contributed by atoms with Crippen LogP contribution in [0, 0.1) is 5.92 Å². The molecule has 190 valence electrons. The van der Waals surface area contributed by atoms with Gasteiger partial charge < -0.3 is 24.8 Å². The molecular weight excluding hydrogens is 448 g/mol. The van der Waals surface area contributed by atoms with E-state index in [2.05, 4.69) is 10.6 Å². The Morgan fingerprint density at radius 2 is 1.37 bits per heavy atom. The highest BCUT2D eigenvalue weighted by atomic mass is 16.6. The molecule has 2 rings (SSSR count). The number of benzene rings is 2. The number of carbonyl (C=O) groups excluding carboxylic acids is 3. The van der Waals surface area contributed by atoms with E-state index in [1.165, 1.54) is 0 Å². The Morgan fingerprint density at radius 1 is 0.829 bits per heavy atom. The van der Waals surface area contributed by atoms with Crippen molar-refractivity contribution < 1.29 is 28.6 Å². The molecule has 0 aliphatic heterocycles. The maximum atomic E-state index is 13.1. The Bertz CT molecular complexity index is 941. The molecule has 0 aliphatic rings. The number of nitrogens with one attached hydrogen (secondary N) is 2. The van der Waals surface area contributed by atoms with Gasteiger partial charge in [-0.05, 0) is 37.8 Å². The molecule has 0 saturated heterocycles. The Morgan fingerprint density at radius 3 is 1.89 bits per heavy atom. The first-order valence-corrected chi connectivity index (χ1v) is 11.7. The van der Waals surface area contributed by atoms with Crippen LogP contribution in [0.3, 0.4) is 0 Å². The summed E-state index contributed by atoms with van der Waals surface area (Å²) >= 11 is 0. The lowest BCUT2D eigenvalue weighted by Crippen LogP contribution is -2.55. The van der Waals surface area contributed by atoms with E-state index in [0.29, 0.717) is 0 Å². The molecule has 0 spiro atoms. The summed E-state index contributed by atoms with van der Waals surface area (Å²) in [5.74, 6) is -1.42. The number of hydrogen-bond acceptors (Lipinski definition) is 6. The van der Waals surface area contributed by atoms with Crippen molar-refractivity contribution in [1.82, 2.24) is 10.6 Å². The number of amides is 2. The minimum atomic E-state index is -1.06. The molecule has 35 heavy (non-hydrogen) atoms. The van der Waals surface area contributed by atoms with E-state index in [1.54, 1.807) is 34.6 Å². The van der Waals surface area contributed by atoms with Gasteiger partial charge in [-0.2, -0.15) is 0 Å². The van der Waals surface area contributed by atoms with Crippen LogP contribution in [-0.2, 0) is 37.0 Å². The molecule has 2 aromatic rings. The maximum Gasteiger partial charge on any atom is 0.408 e. The molecule has 8 heteroatoms. The predicted octanol–water partition coefficient (Wildman–Crippen LogP) is 3.98. The number of ether oxygens (including phenoxy) is 3. The van der Waals surface area contributed by atoms with Crippen LogP contribution >= 0.6 is 0 Å². The zero-order chi connectivity index (χ0) is 25.8. The fourth-order valence-corrected chi connectivity index (χ4v) is 3.10. The van der Waals surface area contributed by atoms with E-state index in [1.807, 2.05) is 60.7 Å². The molecule has 8 nitrogen and oxygen atoms in total. The zero-order valence-corrected chi connectivity index (χ0v) is 21.1. The summed E-state index contributed by atoms with van der Waals surface area (Å²) in [6, 6.07) is 16.8. The molecule has 0 radical (unpaired) electrons. The molecule has 0 aliphatic carbocycles. The van der Waals surface area contributed by atoms with E-state index in [9.17, 15) is 14.4 Å². The number of alkyl carbamates (subject to hydrolysis) is 1. The summed E-state index contributed by atoms with van der Waals surface area (Å²) in [4.78, 5) is 38.2. The van der Waals surface area contributed by atoms with Gasteiger partial charge in [-0.1, -0.05) is 74.5 Å². The molecule has 2 N–H and O–H groups in total. The molecular formula is C27H36N2O6. The topological polar surface area (TPSA) is 103 Å². The highest BCUT2D eigenvalue weighted by Gasteiger charge is 2.31. The maximum absolute atomic E-state index is 13.1. The SMILES string of the molecule is CC(C)[C@H](NC(=O)OC(C)(C)C)C(=O)N[C@@H](COCc1ccccc1)C(=O)OCc1ccccc1. The highest BCUT2D eigenvalue weighted by molar-refractivity contribution is 5.90. The van der Waals surface area contributed by atoms with Gasteiger partial charge >= 0.3 is 12.1 Å². The first-order chi connectivity index (χ1) is 16.5. The van der Waals surface area contributed by atoms with E-state index in [-0.39, 0.29) is 25.7 Å². The van der Waals surface area contributed by atoms with Crippen molar-refractivity contribution in [3.8, 4) is 0 Å². The average Bonchev–Trinajstić information content (AvgIpc) is 2.80. The third kappa shape index (κ3) is 10.6. The molecule has 0 bridgehead atoms. The van der Waals surface area contributed by atoms with Crippen molar-refractivity contribution >= 4 is 18.0 Å². The van der Waals surface area contributed by atoms with Gasteiger partial charge in [-0.25, -0.2) is 9.59 Å². The molecule has 0 aromatic heterocycles. The van der Waals surface area contributed by atoms with Gasteiger partial charge in [0, 0.05) is 0 Å². The monoisotopic (exact) mass is 484 g/mol. The van der Waals surface area contributed by atoms with Gasteiger partial charge in [0.2, 0.25) is 5.91 Å². The van der Waals surface area contributed by atoms with Gasteiger partial charge in [-0.3, -0.25) is 4.79 Å². The molecule has 0 unspecified atom stereocenters. The van der Waals surface area contributed by atoms with Crippen LogP contribution in [0.15, 0.2) is 60.7 Å². The molecule has 0 heterocycles. The van der Waals surface area contributed by atoms with Crippen molar-refractivity contribution in [2.75, 3.05) is 6.61 Å². The second-order valence-corrected chi connectivity index (χ2v) is 9.52.